The Balaban J connectivity index is 1.89. The van der Waals surface area contributed by atoms with Crippen LogP contribution in [0, 0.1) is 5.92 Å². The van der Waals surface area contributed by atoms with Crippen molar-refractivity contribution >= 4 is 0 Å². The standard InChI is InChI=1S/C9H19NO2/c1-7(12-2)5-10-6-8-3-9(11)4-8/h7-11H,3-6H2,1-2H3. The highest BCUT2D eigenvalue weighted by Gasteiger charge is 2.26. The van der Waals surface area contributed by atoms with E-state index in [2.05, 4.69) is 5.32 Å². The van der Waals surface area contributed by atoms with E-state index in [4.69, 9.17) is 9.84 Å². The topological polar surface area (TPSA) is 41.5 Å². The highest BCUT2D eigenvalue weighted by atomic mass is 16.5. The number of rotatable bonds is 5. The van der Waals surface area contributed by atoms with Crippen LogP contribution in [0.2, 0.25) is 0 Å². The van der Waals surface area contributed by atoms with Crippen LogP contribution >= 0.6 is 0 Å². The van der Waals surface area contributed by atoms with Gasteiger partial charge in [-0.3, -0.25) is 0 Å². The van der Waals surface area contributed by atoms with E-state index in [9.17, 15) is 0 Å². The van der Waals surface area contributed by atoms with E-state index < -0.39 is 0 Å². The van der Waals surface area contributed by atoms with Crippen molar-refractivity contribution in [1.82, 2.24) is 5.32 Å². The highest BCUT2D eigenvalue weighted by molar-refractivity contribution is 4.80. The van der Waals surface area contributed by atoms with E-state index in [0.29, 0.717) is 5.92 Å². The summed E-state index contributed by atoms with van der Waals surface area (Å²) in [6.07, 6.45) is 2.19. The van der Waals surface area contributed by atoms with E-state index >= 15 is 0 Å². The lowest BCUT2D eigenvalue weighted by Gasteiger charge is -2.31. The molecule has 0 radical (unpaired) electrons. The maximum absolute atomic E-state index is 9.02. The Morgan fingerprint density at radius 1 is 1.58 bits per heavy atom. The summed E-state index contributed by atoms with van der Waals surface area (Å²) in [6, 6.07) is 0. The third-order valence-electron chi connectivity index (χ3n) is 2.48. The summed E-state index contributed by atoms with van der Waals surface area (Å²) in [7, 11) is 1.72. The minimum absolute atomic E-state index is 0.0309. The van der Waals surface area contributed by atoms with Gasteiger partial charge in [-0.15, -0.1) is 0 Å². The molecule has 1 aliphatic carbocycles. The van der Waals surface area contributed by atoms with Gasteiger partial charge in [0.1, 0.15) is 0 Å². The Labute approximate surface area is 74.1 Å². The smallest absolute Gasteiger partial charge is 0.0667 e. The summed E-state index contributed by atoms with van der Waals surface area (Å²) in [5.41, 5.74) is 0. The SMILES string of the molecule is COC(C)CNCC1CC(O)C1. The van der Waals surface area contributed by atoms with Gasteiger partial charge in [-0.25, -0.2) is 0 Å². The Morgan fingerprint density at radius 2 is 2.25 bits per heavy atom. The van der Waals surface area contributed by atoms with Gasteiger partial charge in [0.2, 0.25) is 0 Å². The predicted octanol–water partition coefficient (Wildman–Crippen LogP) is 0.382. The van der Waals surface area contributed by atoms with Crippen molar-refractivity contribution in [3.8, 4) is 0 Å². The molecule has 0 aliphatic heterocycles. The van der Waals surface area contributed by atoms with Crippen molar-refractivity contribution in [2.75, 3.05) is 20.2 Å². The summed E-state index contributed by atoms with van der Waals surface area (Å²) in [5, 5.41) is 12.3. The van der Waals surface area contributed by atoms with E-state index in [1.54, 1.807) is 7.11 Å². The predicted molar refractivity (Wildman–Crippen MR) is 48.1 cm³/mol. The Bertz CT molecular complexity index is 124. The van der Waals surface area contributed by atoms with Gasteiger partial charge in [0, 0.05) is 13.7 Å². The molecular weight excluding hydrogens is 154 g/mol. The number of aliphatic hydroxyl groups is 1. The fraction of sp³-hybridized carbons (Fsp3) is 1.00. The van der Waals surface area contributed by atoms with E-state index in [0.717, 1.165) is 25.9 Å². The molecule has 72 valence electrons. The number of nitrogens with one attached hydrogen (secondary N) is 1. The zero-order valence-corrected chi connectivity index (χ0v) is 7.92. The molecule has 1 unspecified atom stereocenters. The first kappa shape index (κ1) is 9.96. The van der Waals surface area contributed by atoms with Crippen LogP contribution in [-0.2, 0) is 4.74 Å². The van der Waals surface area contributed by atoms with Gasteiger partial charge < -0.3 is 15.2 Å². The first-order valence-electron chi connectivity index (χ1n) is 4.64. The maximum atomic E-state index is 9.02. The molecule has 0 bridgehead atoms. The summed E-state index contributed by atoms with van der Waals surface area (Å²) >= 11 is 0. The average molecular weight is 173 g/mol. The first-order chi connectivity index (χ1) is 5.72. The average Bonchev–Trinajstić information content (AvgIpc) is 2.01. The van der Waals surface area contributed by atoms with Gasteiger partial charge in [-0.05, 0) is 32.2 Å². The van der Waals surface area contributed by atoms with Crippen LogP contribution < -0.4 is 5.32 Å². The van der Waals surface area contributed by atoms with E-state index in [1.807, 2.05) is 6.92 Å². The summed E-state index contributed by atoms with van der Waals surface area (Å²) in [4.78, 5) is 0. The van der Waals surface area contributed by atoms with Crippen molar-refractivity contribution in [1.29, 1.82) is 0 Å². The van der Waals surface area contributed by atoms with Gasteiger partial charge in [0.25, 0.3) is 0 Å². The monoisotopic (exact) mass is 173 g/mol. The molecule has 0 aromatic heterocycles. The van der Waals surface area contributed by atoms with Crippen LogP contribution in [0.4, 0.5) is 0 Å². The molecule has 1 fully saturated rings. The van der Waals surface area contributed by atoms with Crippen molar-refractivity contribution in [2.24, 2.45) is 5.92 Å². The molecule has 12 heavy (non-hydrogen) atoms. The van der Waals surface area contributed by atoms with Crippen LogP contribution in [0.3, 0.4) is 0 Å². The molecule has 3 nitrogen and oxygen atoms in total. The van der Waals surface area contributed by atoms with Crippen LogP contribution in [0.1, 0.15) is 19.8 Å². The third kappa shape index (κ3) is 3.09. The molecule has 0 saturated heterocycles. The lowest BCUT2D eigenvalue weighted by atomic mass is 9.82. The second-order valence-corrected chi connectivity index (χ2v) is 3.70. The van der Waals surface area contributed by atoms with Gasteiger partial charge in [0.05, 0.1) is 12.2 Å². The van der Waals surface area contributed by atoms with Crippen molar-refractivity contribution < 1.29 is 9.84 Å². The zero-order valence-electron chi connectivity index (χ0n) is 7.92. The number of methoxy groups -OCH3 is 1. The Morgan fingerprint density at radius 3 is 2.75 bits per heavy atom. The number of hydrogen-bond donors (Lipinski definition) is 2. The molecule has 0 aromatic carbocycles. The van der Waals surface area contributed by atoms with Crippen molar-refractivity contribution in [2.45, 2.75) is 32.0 Å². The fourth-order valence-corrected chi connectivity index (χ4v) is 1.44. The molecule has 0 amide bonds. The van der Waals surface area contributed by atoms with Gasteiger partial charge in [-0.1, -0.05) is 0 Å². The van der Waals surface area contributed by atoms with Crippen LogP contribution in [0.25, 0.3) is 0 Å². The normalized spacial score (nSPS) is 31.2. The Kier molecular flexibility index (Phi) is 3.98. The molecule has 2 N–H and O–H groups in total. The molecule has 1 aliphatic rings. The maximum Gasteiger partial charge on any atom is 0.0667 e. The molecule has 0 spiro atoms. The lowest BCUT2D eigenvalue weighted by molar-refractivity contribution is 0.0405. The first-order valence-corrected chi connectivity index (χ1v) is 4.64. The second-order valence-electron chi connectivity index (χ2n) is 3.70. The highest BCUT2D eigenvalue weighted by Crippen LogP contribution is 2.25. The summed E-state index contributed by atoms with van der Waals surface area (Å²) < 4.78 is 5.09. The summed E-state index contributed by atoms with van der Waals surface area (Å²) in [5.74, 6) is 0.684. The molecule has 0 heterocycles. The zero-order chi connectivity index (χ0) is 8.97. The minimum Gasteiger partial charge on any atom is -0.393 e. The van der Waals surface area contributed by atoms with E-state index in [1.165, 1.54) is 0 Å². The molecular formula is C9H19NO2. The second kappa shape index (κ2) is 4.80. The molecule has 3 heteroatoms. The lowest BCUT2D eigenvalue weighted by Crippen LogP contribution is -2.38. The number of hydrogen-bond acceptors (Lipinski definition) is 3. The fourth-order valence-electron chi connectivity index (χ4n) is 1.44. The van der Waals surface area contributed by atoms with Gasteiger partial charge in [-0.2, -0.15) is 0 Å². The van der Waals surface area contributed by atoms with Gasteiger partial charge >= 0.3 is 0 Å². The number of aliphatic hydroxyl groups excluding tert-OH is 1. The van der Waals surface area contributed by atoms with Crippen molar-refractivity contribution in [3.63, 3.8) is 0 Å². The third-order valence-corrected chi connectivity index (χ3v) is 2.48. The van der Waals surface area contributed by atoms with Crippen molar-refractivity contribution in [3.05, 3.63) is 0 Å². The Hall–Kier alpha value is -0.120. The minimum atomic E-state index is -0.0309. The molecule has 1 atom stereocenters. The molecule has 1 saturated carbocycles. The van der Waals surface area contributed by atoms with E-state index in [-0.39, 0.29) is 12.2 Å². The van der Waals surface area contributed by atoms with Crippen LogP contribution in [0.5, 0.6) is 0 Å². The van der Waals surface area contributed by atoms with Crippen LogP contribution in [0.15, 0.2) is 0 Å². The van der Waals surface area contributed by atoms with Gasteiger partial charge in [0.15, 0.2) is 0 Å². The quantitative estimate of drug-likeness (QED) is 0.631. The molecule has 1 rings (SSSR count). The summed E-state index contributed by atoms with van der Waals surface area (Å²) in [6.45, 7) is 3.97. The largest absolute Gasteiger partial charge is 0.393 e. The molecule has 0 aromatic rings. The van der Waals surface area contributed by atoms with Crippen LogP contribution in [-0.4, -0.2) is 37.5 Å². The number of ether oxygens (including phenoxy) is 1.